The Labute approximate surface area is 110 Å². The molecule has 0 fully saturated rings. The predicted octanol–water partition coefficient (Wildman–Crippen LogP) is 2.87. The lowest BCUT2D eigenvalue weighted by Crippen LogP contribution is -2.26. The van der Waals surface area contributed by atoms with Crippen LogP contribution in [0.2, 0.25) is 0 Å². The summed E-state index contributed by atoms with van der Waals surface area (Å²) in [4.78, 5) is 2.14. The first-order valence-electron chi connectivity index (χ1n) is 5.10. The fraction of sp³-hybridized carbons (Fsp3) is 0.417. The van der Waals surface area contributed by atoms with Gasteiger partial charge in [0.25, 0.3) is 0 Å². The number of halogens is 1. The minimum absolute atomic E-state index is 0.979. The van der Waals surface area contributed by atoms with E-state index in [1.807, 2.05) is 17.8 Å². The van der Waals surface area contributed by atoms with Crippen molar-refractivity contribution < 1.29 is 4.58 Å². The zero-order chi connectivity index (χ0) is 12.1. The molecule has 0 amide bonds. The molecule has 0 unspecified atom stereocenters. The van der Waals surface area contributed by atoms with Crippen molar-refractivity contribution in [3.05, 3.63) is 34.3 Å². The molecule has 0 aliphatic rings. The van der Waals surface area contributed by atoms with Crippen molar-refractivity contribution in [2.45, 2.75) is 5.75 Å². The first-order valence-corrected chi connectivity index (χ1v) is 6.88. The summed E-state index contributed by atoms with van der Waals surface area (Å²) >= 11 is 5.41. The van der Waals surface area contributed by atoms with Gasteiger partial charge < -0.3 is 0 Å². The molecule has 1 rings (SSSR count). The van der Waals surface area contributed by atoms with Crippen molar-refractivity contribution >= 4 is 32.9 Å². The van der Waals surface area contributed by atoms with Gasteiger partial charge in [0, 0.05) is 10.2 Å². The van der Waals surface area contributed by atoms with E-state index in [1.165, 1.54) is 15.2 Å². The third kappa shape index (κ3) is 3.83. The molecule has 0 aliphatic carbocycles. The SMILES string of the molecule is CN(C)C(SCc1ccccc1Br)=[N+](C)C. The molecule has 0 saturated carbocycles. The lowest BCUT2D eigenvalue weighted by molar-refractivity contribution is -0.466. The highest BCUT2D eigenvalue weighted by molar-refractivity contribution is 9.10. The molecule has 0 spiro atoms. The Morgan fingerprint density at radius 3 is 2.44 bits per heavy atom. The van der Waals surface area contributed by atoms with Crippen molar-refractivity contribution in [2.24, 2.45) is 0 Å². The number of benzene rings is 1. The van der Waals surface area contributed by atoms with Crippen LogP contribution in [0.1, 0.15) is 5.56 Å². The molecule has 0 N–H and O–H groups in total. The van der Waals surface area contributed by atoms with Crippen LogP contribution in [-0.2, 0) is 5.75 Å². The monoisotopic (exact) mass is 301 g/mol. The Kier molecular flexibility index (Phi) is 5.35. The Bertz CT molecular complexity index is 384. The molecule has 1 aromatic rings. The Balaban J connectivity index is 2.71. The normalized spacial score (nSPS) is 10.1. The molecule has 4 heteroatoms. The van der Waals surface area contributed by atoms with Gasteiger partial charge in [-0.3, -0.25) is 9.48 Å². The molecule has 0 bridgehead atoms. The van der Waals surface area contributed by atoms with Crippen LogP contribution in [0.3, 0.4) is 0 Å². The fourth-order valence-corrected chi connectivity index (χ4v) is 3.08. The summed E-state index contributed by atoms with van der Waals surface area (Å²) in [5.74, 6) is 0.979. The highest BCUT2D eigenvalue weighted by Gasteiger charge is 2.13. The van der Waals surface area contributed by atoms with Gasteiger partial charge in [0.05, 0.1) is 28.2 Å². The van der Waals surface area contributed by atoms with Crippen LogP contribution >= 0.6 is 27.7 Å². The van der Waals surface area contributed by atoms with Crippen LogP contribution in [0.4, 0.5) is 0 Å². The predicted molar refractivity (Wildman–Crippen MR) is 76.2 cm³/mol. The van der Waals surface area contributed by atoms with Crippen molar-refractivity contribution in [3.63, 3.8) is 0 Å². The quantitative estimate of drug-likeness (QED) is 0.471. The van der Waals surface area contributed by atoms with Crippen LogP contribution in [0.15, 0.2) is 28.7 Å². The van der Waals surface area contributed by atoms with Crippen molar-refractivity contribution in [3.8, 4) is 0 Å². The van der Waals surface area contributed by atoms with Gasteiger partial charge >= 0.3 is 5.17 Å². The molecule has 0 radical (unpaired) electrons. The number of thioether (sulfide) groups is 1. The van der Waals surface area contributed by atoms with Gasteiger partial charge in [-0.05, 0) is 23.4 Å². The summed E-state index contributed by atoms with van der Waals surface area (Å²) in [6.07, 6.45) is 0. The average molecular weight is 302 g/mol. The molecule has 1 aromatic carbocycles. The molecule has 0 atom stereocenters. The fourth-order valence-electron chi connectivity index (χ4n) is 1.42. The second-order valence-electron chi connectivity index (χ2n) is 3.95. The summed E-state index contributed by atoms with van der Waals surface area (Å²) in [7, 11) is 8.29. The Morgan fingerprint density at radius 1 is 1.31 bits per heavy atom. The van der Waals surface area contributed by atoms with E-state index in [-0.39, 0.29) is 0 Å². The minimum Gasteiger partial charge on any atom is -0.262 e. The first-order chi connectivity index (χ1) is 7.52. The third-order valence-corrected chi connectivity index (χ3v) is 4.30. The van der Waals surface area contributed by atoms with Gasteiger partial charge in [0.2, 0.25) is 0 Å². The zero-order valence-electron chi connectivity index (χ0n) is 10.2. The number of nitrogens with zero attached hydrogens (tertiary/aromatic N) is 2. The lowest BCUT2D eigenvalue weighted by Gasteiger charge is -2.11. The smallest absolute Gasteiger partial charge is 0.262 e. The number of amidine groups is 1. The maximum absolute atomic E-state index is 3.57. The Hall–Kier alpha value is -0.480. The zero-order valence-corrected chi connectivity index (χ0v) is 12.6. The van der Waals surface area contributed by atoms with Gasteiger partial charge in [-0.2, -0.15) is 0 Å². The van der Waals surface area contributed by atoms with E-state index in [2.05, 4.69) is 71.8 Å². The maximum Gasteiger partial charge on any atom is 0.307 e. The largest absolute Gasteiger partial charge is 0.307 e. The van der Waals surface area contributed by atoms with Crippen LogP contribution in [0, 0.1) is 0 Å². The highest BCUT2D eigenvalue weighted by Crippen LogP contribution is 2.22. The highest BCUT2D eigenvalue weighted by atomic mass is 79.9. The maximum atomic E-state index is 3.57. The van der Waals surface area contributed by atoms with Crippen LogP contribution in [0.5, 0.6) is 0 Å². The molecule has 16 heavy (non-hydrogen) atoms. The second kappa shape index (κ2) is 6.30. The van der Waals surface area contributed by atoms with Gasteiger partial charge in [-0.15, -0.1) is 0 Å². The van der Waals surface area contributed by atoms with Gasteiger partial charge in [-0.1, -0.05) is 34.1 Å². The van der Waals surface area contributed by atoms with Crippen LogP contribution in [-0.4, -0.2) is 42.8 Å². The van der Waals surface area contributed by atoms with Gasteiger partial charge in [0.15, 0.2) is 0 Å². The molecule has 0 aliphatic heterocycles. The molecule has 0 heterocycles. The van der Waals surface area contributed by atoms with Crippen LogP contribution in [0.25, 0.3) is 0 Å². The summed E-state index contributed by atoms with van der Waals surface area (Å²) in [6.45, 7) is 0. The van der Waals surface area contributed by atoms with E-state index < -0.39 is 0 Å². The third-order valence-electron chi connectivity index (χ3n) is 2.08. The number of hydrogen-bond acceptors (Lipinski definition) is 1. The van der Waals surface area contributed by atoms with Gasteiger partial charge in [-0.25, -0.2) is 0 Å². The molecule has 0 aromatic heterocycles. The average Bonchev–Trinajstić information content (AvgIpc) is 2.20. The summed E-state index contributed by atoms with van der Waals surface area (Å²) in [5, 5.41) is 1.26. The van der Waals surface area contributed by atoms with E-state index in [0.717, 1.165) is 5.75 Å². The lowest BCUT2D eigenvalue weighted by atomic mass is 10.2. The van der Waals surface area contributed by atoms with Crippen molar-refractivity contribution in [1.29, 1.82) is 0 Å². The van der Waals surface area contributed by atoms with E-state index in [9.17, 15) is 0 Å². The van der Waals surface area contributed by atoms with Crippen LogP contribution < -0.4 is 0 Å². The standard InChI is InChI=1S/C12H18BrN2S/c1-14(2)12(15(3)4)16-9-10-7-5-6-8-11(10)13/h5-8H,9H2,1-4H3/q+1. The van der Waals surface area contributed by atoms with Crippen molar-refractivity contribution in [2.75, 3.05) is 28.2 Å². The van der Waals surface area contributed by atoms with Gasteiger partial charge in [0.1, 0.15) is 0 Å². The summed E-state index contributed by atoms with van der Waals surface area (Å²) in [6, 6.07) is 8.35. The minimum atomic E-state index is 0.979. The Morgan fingerprint density at radius 2 is 1.94 bits per heavy atom. The van der Waals surface area contributed by atoms with Crippen molar-refractivity contribution in [1.82, 2.24) is 4.90 Å². The molecule has 88 valence electrons. The molecule has 2 nitrogen and oxygen atoms in total. The first kappa shape index (κ1) is 13.6. The second-order valence-corrected chi connectivity index (χ2v) is 5.75. The number of rotatable bonds is 2. The van der Waals surface area contributed by atoms with E-state index in [4.69, 9.17) is 0 Å². The van der Waals surface area contributed by atoms with E-state index in [1.54, 1.807) is 0 Å². The molecule has 0 saturated heterocycles. The molecular formula is C12H18BrN2S+. The van der Waals surface area contributed by atoms with E-state index in [0.29, 0.717) is 0 Å². The summed E-state index contributed by atoms with van der Waals surface area (Å²) < 4.78 is 3.32. The topological polar surface area (TPSA) is 6.25 Å². The van der Waals surface area contributed by atoms with E-state index >= 15 is 0 Å². The molecular weight excluding hydrogens is 284 g/mol. The number of hydrogen-bond donors (Lipinski definition) is 0. The summed E-state index contributed by atoms with van der Waals surface area (Å²) in [5.41, 5.74) is 1.33.